The molecule has 1 aromatic carbocycles. The predicted octanol–water partition coefficient (Wildman–Crippen LogP) is 3.42. The second-order valence-corrected chi connectivity index (χ2v) is 7.02. The zero-order valence-electron chi connectivity index (χ0n) is 14.9. The average Bonchev–Trinajstić information content (AvgIpc) is 2.78. The molecule has 1 atom stereocenters. The molecule has 0 spiro atoms. The zero-order chi connectivity index (χ0) is 18.1. The highest BCUT2D eigenvalue weighted by molar-refractivity contribution is 6.10. The minimum atomic E-state index is -0.684. The van der Waals surface area contributed by atoms with Crippen LogP contribution in [-0.2, 0) is 9.59 Å². The first-order valence-electron chi connectivity index (χ1n) is 8.15. The molecule has 2 rings (SSSR count). The summed E-state index contributed by atoms with van der Waals surface area (Å²) in [6.45, 7) is 7.79. The molecule has 1 amide bonds. The van der Waals surface area contributed by atoms with Gasteiger partial charge in [-0.2, -0.15) is 0 Å². The van der Waals surface area contributed by atoms with Gasteiger partial charge in [-0.15, -0.1) is 0 Å². The van der Waals surface area contributed by atoms with Crippen LogP contribution in [-0.4, -0.2) is 35.4 Å². The Kier molecular flexibility index (Phi) is 5.02. The first-order chi connectivity index (χ1) is 11.2. The first kappa shape index (κ1) is 18.0. The molecule has 1 unspecified atom stereocenters. The van der Waals surface area contributed by atoms with E-state index >= 15 is 0 Å². The lowest BCUT2D eigenvalue weighted by Crippen LogP contribution is -2.33. The summed E-state index contributed by atoms with van der Waals surface area (Å²) in [6.07, 6.45) is 0.739. The van der Waals surface area contributed by atoms with Gasteiger partial charge in [-0.25, -0.2) is 0 Å². The van der Waals surface area contributed by atoms with Crippen molar-refractivity contribution in [2.75, 3.05) is 13.7 Å². The van der Waals surface area contributed by atoms with Crippen LogP contribution < -0.4 is 4.74 Å². The van der Waals surface area contributed by atoms with Crippen molar-refractivity contribution < 1.29 is 19.4 Å². The molecule has 5 heteroatoms. The number of ketones is 1. The fourth-order valence-corrected chi connectivity index (χ4v) is 2.89. The number of aliphatic hydroxyl groups is 1. The van der Waals surface area contributed by atoms with Crippen molar-refractivity contribution in [1.29, 1.82) is 0 Å². The van der Waals surface area contributed by atoms with Crippen LogP contribution in [0, 0.1) is 5.41 Å². The standard InChI is InChI=1S/C19H25NO4/c1-6-11-20-15(12-7-9-13(24-5)10-8-12)14(16(21)18(20)23)17(22)19(2,3)4/h7-10,15,21H,6,11H2,1-5H3. The van der Waals surface area contributed by atoms with Gasteiger partial charge in [0.2, 0.25) is 0 Å². The monoisotopic (exact) mass is 331 g/mol. The quantitative estimate of drug-likeness (QED) is 0.898. The summed E-state index contributed by atoms with van der Waals surface area (Å²) < 4.78 is 5.17. The molecule has 1 aliphatic rings. The predicted molar refractivity (Wildman–Crippen MR) is 91.9 cm³/mol. The van der Waals surface area contributed by atoms with E-state index in [1.54, 1.807) is 44.9 Å². The molecular formula is C19H25NO4. The minimum absolute atomic E-state index is 0.186. The maximum Gasteiger partial charge on any atom is 0.290 e. The van der Waals surface area contributed by atoms with Crippen LogP contribution in [0.15, 0.2) is 35.6 Å². The van der Waals surface area contributed by atoms with Crippen LogP contribution in [0.4, 0.5) is 0 Å². The normalized spacial score (nSPS) is 18.3. The molecule has 130 valence electrons. The number of carbonyl (C=O) groups excluding carboxylic acids is 2. The number of nitrogens with zero attached hydrogens (tertiary/aromatic N) is 1. The Morgan fingerprint density at radius 3 is 2.29 bits per heavy atom. The lowest BCUT2D eigenvalue weighted by Gasteiger charge is -2.28. The highest BCUT2D eigenvalue weighted by Crippen LogP contribution is 2.41. The van der Waals surface area contributed by atoms with Crippen LogP contribution in [0.1, 0.15) is 45.7 Å². The van der Waals surface area contributed by atoms with Gasteiger partial charge in [0.25, 0.3) is 5.91 Å². The second kappa shape index (κ2) is 6.67. The van der Waals surface area contributed by atoms with Crippen LogP contribution >= 0.6 is 0 Å². The highest BCUT2D eigenvalue weighted by Gasteiger charge is 2.45. The number of ether oxygens (including phenoxy) is 1. The summed E-state index contributed by atoms with van der Waals surface area (Å²) in [5.74, 6) is -0.427. The van der Waals surface area contributed by atoms with E-state index < -0.39 is 23.1 Å². The van der Waals surface area contributed by atoms with Gasteiger partial charge in [-0.05, 0) is 24.1 Å². The number of carbonyl (C=O) groups is 2. The molecule has 0 bridgehead atoms. The number of rotatable bonds is 5. The van der Waals surface area contributed by atoms with E-state index in [1.165, 1.54) is 0 Å². The van der Waals surface area contributed by atoms with Crippen LogP contribution in [0.25, 0.3) is 0 Å². The number of methoxy groups -OCH3 is 1. The van der Waals surface area contributed by atoms with Gasteiger partial charge in [-0.3, -0.25) is 9.59 Å². The summed E-state index contributed by atoms with van der Waals surface area (Å²) in [6, 6.07) is 6.67. The van der Waals surface area contributed by atoms with E-state index in [2.05, 4.69) is 0 Å². The van der Waals surface area contributed by atoms with E-state index in [0.29, 0.717) is 12.3 Å². The minimum Gasteiger partial charge on any atom is -0.503 e. The Hall–Kier alpha value is -2.30. The molecule has 0 saturated heterocycles. The van der Waals surface area contributed by atoms with Crippen molar-refractivity contribution in [2.24, 2.45) is 5.41 Å². The zero-order valence-corrected chi connectivity index (χ0v) is 14.9. The summed E-state index contributed by atoms with van der Waals surface area (Å²) in [7, 11) is 1.58. The van der Waals surface area contributed by atoms with Crippen molar-refractivity contribution in [3.05, 3.63) is 41.2 Å². The van der Waals surface area contributed by atoms with Crippen molar-refractivity contribution >= 4 is 11.7 Å². The highest BCUT2D eigenvalue weighted by atomic mass is 16.5. The second-order valence-electron chi connectivity index (χ2n) is 7.02. The topological polar surface area (TPSA) is 66.8 Å². The summed E-state index contributed by atoms with van der Waals surface area (Å²) in [4.78, 5) is 26.9. The number of amides is 1. The van der Waals surface area contributed by atoms with E-state index in [0.717, 1.165) is 12.0 Å². The molecule has 1 N–H and O–H groups in total. The summed E-state index contributed by atoms with van der Waals surface area (Å²) in [5.41, 5.74) is 0.289. The fourth-order valence-electron chi connectivity index (χ4n) is 2.89. The van der Waals surface area contributed by atoms with Gasteiger partial charge in [0.1, 0.15) is 5.75 Å². The third kappa shape index (κ3) is 3.16. The molecule has 1 aliphatic heterocycles. The van der Waals surface area contributed by atoms with Gasteiger partial charge in [0.05, 0.1) is 18.7 Å². The van der Waals surface area contributed by atoms with Gasteiger partial charge in [0.15, 0.2) is 11.5 Å². The van der Waals surface area contributed by atoms with E-state index in [-0.39, 0.29) is 11.4 Å². The fraction of sp³-hybridized carbons (Fsp3) is 0.474. The van der Waals surface area contributed by atoms with Crippen molar-refractivity contribution in [3.8, 4) is 5.75 Å². The van der Waals surface area contributed by atoms with Gasteiger partial charge in [0, 0.05) is 12.0 Å². The number of hydrogen-bond donors (Lipinski definition) is 1. The summed E-state index contributed by atoms with van der Waals surface area (Å²) in [5, 5.41) is 10.4. The van der Waals surface area contributed by atoms with Crippen LogP contribution in [0.2, 0.25) is 0 Å². The smallest absolute Gasteiger partial charge is 0.290 e. The molecule has 24 heavy (non-hydrogen) atoms. The molecule has 5 nitrogen and oxygen atoms in total. The third-order valence-corrected chi connectivity index (χ3v) is 4.13. The average molecular weight is 331 g/mol. The lowest BCUT2D eigenvalue weighted by atomic mass is 9.82. The number of Topliss-reactive ketones (excluding diaryl/α,β-unsaturated/α-hetero) is 1. The number of benzene rings is 1. The molecule has 1 aromatic rings. The van der Waals surface area contributed by atoms with E-state index in [1.807, 2.05) is 19.1 Å². The Labute approximate surface area is 142 Å². The van der Waals surface area contributed by atoms with Crippen molar-refractivity contribution in [1.82, 2.24) is 4.90 Å². The van der Waals surface area contributed by atoms with Crippen molar-refractivity contribution in [3.63, 3.8) is 0 Å². The molecule has 0 radical (unpaired) electrons. The maximum atomic E-state index is 12.9. The van der Waals surface area contributed by atoms with Gasteiger partial charge >= 0.3 is 0 Å². The third-order valence-electron chi connectivity index (χ3n) is 4.13. The Balaban J connectivity index is 2.55. The molecule has 1 heterocycles. The van der Waals surface area contributed by atoms with Crippen LogP contribution in [0.3, 0.4) is 0 Å². The Bertz CT molecular complexity index is 668. The molecular weight excluding hydrogens is 306 g/mol. The van der Waals surface area contributed by atoms with Gasteiger partial charge < -0.3 is 14.7 Å². The van der Waals surface area contributed by atoms with E-state index in [9.17, 15) is 14.7 Å². The van der Waals surface area contributed by atoms with E-state index in [4.69, 9.17) is 4.74 Å². The lowest BCUT2D eigenvalue weighted by molar-refractivity contribution is -0.129. The molecule has 0 aliphatic carbocycles. The molecule has 0 aromatic heterocycles. The molecule has 0 saturated carbocycles. The number of aliphatic hydroxyl groups excluding tert-OH is 1. The Morgan fingerprint density at radius 1 is 1.25 bits per heavy atom. The SMILES string of the molecule is CCCN1C(=O)C(O)=C(C(=O)C(C)(C)C)C1c1ccc(OC)cc1. The maximum absolute atomic E-state index is 12.9. The largest absolute Gasteiger partial charge is 0.503 e. The Morgan fingerprint density at radius 2 is 1.83 bits per heavy atom. The van der Waals surface area contributed by atoms with Gasteiger partial charge in [-0.1, -0.05) is 39.8 Å². The summed E-state index contributed by atoms with van der Waals surface area (Å²) >= 11 is 0. The first-order valence-corrected chi connectivity index (χ1v) is 8.15. The molecule has 0 fully saturated rings. The number of hydrogen-bond acceptors (Lipinski definition) is 4. The van der Waals surface area contributed by atoms with Crippen molar-refractivity contribution in [2.45, 2.75) is 40.2 Å². The van der Waals surface area contributed by atoms with Crippen LogP contribution in [0.5, 0.6) is 5.75 Å².